The van der Waals surface area contributed by atoms with Crippen LogP contribution < -0.4 is 11.1 Å². The van der Waals surface area contributed by atoms with Crippen molar-refractivity contribution in [2.75, 3.05) is 11.1 Å². The first-order valence-electron chi connectivity index (χ1n) is 15.7. The Morgan fingerprint density at radius 3 is 1.79 bits per heavy atom. The largest absolute Gasteiger partial charge is 0.396 e. The first-order valence-corrected chi connectivity index (χ1v) is 15.7. The molecule has 4 aliphatic rings. The fraction of sp³-hybridized carbons (Fsp3) is 0.472. The minimum absolute atomic E-state index is 0.0342. The highest BCUT2D eigenvalue weighted by atomic mass is 19.1. The van der Waals surface area contributed by atoms with Gasteiger partial charge in [0.15, 0.2) is 11.6 Å². The van der Waals surface area contributed by atoms with Crippen molar-refractivity contribution in [3.8, 4) is 0 Å². The molecule has 5 nitrogen and oxygen atoms in total. The van der Waals surface area contributed by atoms with E-state index in [0.717, 1.165) is 97.6 Å². The first-order chi connectivity index (χ1) is 20.5. The van der Waals surface area contributed by atoms with Gasteiger partial charge in [0.05, 0.1) is 11.4 Å². The minimum Gasteiger partial charge on any atom is -0.396 e. The van der Waals surface area contributed by atoms with Gasteiger partial charge < -0.3 is 11.1 Å². The van der Waals surface area contributed by atoms with Gasteiger partial charge in [-0.3, -0.25) is 14.4 Å². The van der Waals surface area contributed by atoms with Crippen molar-refractivity contribution >= 4 is 40.0 Å². The summed E-state index contributed by atoms with van der Waals surface area (Å²) in [5.74, 6) is -0.809. The number of halogens is 2. The van der Waals surface area contributed by atoms with Crippen LogP contribution in [-0.4, -0.2) is 17.5 Å². The Bertz CT molecular complexity index is 1540. The van der Waals surface area contributed by atoms with Gasteiger partial charge in [0.25, 0.3) is 0 Å². The van der Waals surface area contributed by atoms with Gasteiger partial charge in [-0.25, -0.2) is 8.78 Å². The van der Waals surface area contributed by atoms with Crippen LogP contribution in [0.25, 0.3) is 11.1 Å². The number of amides is 1. The number of nitrogens with two attached hydrogens (primary N) is 1. The van der Waals surface area contributed by atoms with E-state index in [2.05, 4.69) is 19.2 Å². The number of carbonyl (C=O) groups is 3. The Balaban J connectivity index is 0.000000173. The Labute approximate surface area is 253 Å². The Morgan fingerprint density at radius 1 is 0.814 bits per heavy atom. The van der Waals surface area contributed by atoms with E-state index in [0.29, 0.717) is 12.8 Å². The summed E-state index contributed by atoms with van der Waals surface area (Å²) in [5, 5.41) is 2.55. The van der Waals surface area contributed by atoms with Gasteiger partial charge in [-0.2, -0.15) is 0 Å². The molecule has 43 heavy (non-hydrogen) atoms. The van der Waals surface area contributed by atoms with Crippen LogP contribution >= 0.6 is 0 Å². The van der Waals surface area contributed by atoms with Crippen molar-refractivity contribution in [1.29, 1.82) is 0 Å². The van der Waals surface area contributed by atoms with Gasteiger partial charge in [-0.1, -0.05) is 39.5 Å². The van der Waals surface area contributed by atoms with Crippen molar-refractivity contribution in [3.63, 3.8) is 0 Å². The van der Waals surface area contributed by atoms with Crippen LogP contribution in [-0.2, 0) is 27.2 Å². The average molecular weight is 589 g/mol. The predicted molar refractivity (Wildman–Crippen MR) is 167 cm³/mol. The van der Waals surface area contributed by atoms with Gasteiger partial charge in [0.2, 0.25) is 5.91 Å². The molecule has 4 aliphatic carbocycles. The number of ketones is 2. The summed E-state index contributed by atoms with van der Waals surface area (Å²) in [6.07, 6.45) is 14.7. The SMILES string of the molecule is CCCCC12CCC(=O)C=C1c1cc(F)c(N)cc1C2.CCCCC12CCC(=O)C=C1c1cc(F)c(NC(C)=O)cc1C2. The second-order valence-electron chi connectivity index (χ2n) is 12.9. The van der Waals surface area contributed by atoms with Crippen LogP contribution in [0.5, 0.6) is 0 Å². The Kier molecular flexibility index (Phi) is 8.73. The van der Waals surface area contributed by atoms with E-state index in [-0.39, 0.29) is 45.5 Å². The van der Waals surface area contributed by atoms with E-state index in [1.807, 2.05) is 0 Å². The summed E-state index contributed by atoms with van der Waals surface area (Å²) in [4.78, 5) is 34.9. The number of allylic oxidation sites excluding steroid dienone is 4. The molecular formula is C36H42F2N2O3. The number of carbonyl (C=O) groups excluding carboxylic acids is 3. The van der Waals surface area contributed by atoms with Gasteiger partial charge >= 0.3 is 0 Å². The lowest BCUT2D eigenvalue weighted by atomic mass is 9.69. The van der Waals surface area contributed by atoms with Crippen LogP contribution in [0.4, 0.5) is 20.2 Å². The van der Waals surface area contributed by atoms with Crippen molar-refractivity contribution in [3.05, 3.63) is 70.3 Å². The molecule has 0 saturated carbocycles. The Morgan fingerprint density at radius 2 is 1.30 bits per heavy atom. The molecule has 0 spiro atoms. The molecule has 0 heterocycles. The molecule has 2 atom stereocenters. The lowest BCUT2D eigenvalue weighted by molar-refractivity contribution is -0.116. The maximum absolute atomic E-state index is 14.3. The Hall–Kier alpha value is -3.61. The molecule has 2 aromatic rings. The van der Waals surface area contributed by atoms with Gasteiger partial charge in [-0.15, -0.1) is 0 Å². The number of nitrogens with one attached hydrogen (secondary N) is 1. The van der Waals surface area contributed by atoms with Crippen molar-refractivity contribution in [2.24, 2.45) is 10.8 Å². The molecule has 2 unspecified atom stereocenters. The molecule has 228 valence electrons. The highest BCUT2D eigenvalue weighted by Crippen LogP contribution is 2.56. The molecule has 2 aromatic carbocycles. The zero-order valence-corrected chi connectivity index (χ0v) is 25.5. The van der Waals surface area contributed by atoms with E-state index in [1.165, 1.54) is 19.1 Å². The van der Waals surface area contributed by atoms with E-state index in [1.54, 1.807) is 24.3 Å². The summed E-state index contributed by atoms with van der Waals surface area (Å²) in [5.41, 5.74) is 12.1. The molecule has 0 aliphatic heterocycles. The zero-order chi connectivity index (χ0) is 30.9. The van der Waals surface area contributed by atoms with Crippen molar-refractivity contribution in [2.45, 2.75) is 97.8 Å². The van der Waals surface area contributed by atoms with E-state index in [9.17, 15) is 23.2 Å². The number of fused-ring (bicyclic) bond motifs is 6. The third kappa shape index (κ3) is 5.96. The molecule has 3 N–H and O–H groups in total. The third-order valence-corrected chi connectivity index (χ3v) is 9.84. The second kappa shape index (κ2) is 12.2. The molecular weight excluding hydrogens is 546 g/mol. The van der Waals surface area contributed by atoms with Crippen LogP contribution in [0.2, 0.25) is 0 Å². The number of unbranched alkanes of at least 4 members (excludes halogenated alkanes) is 2. The summed E-state index contributed by atoms with van der Waals surface area (Å²) in [7, 11) is 0. The van der Waals surface area contributed by atoms with Gasteiger partial charge in [0.1, 0.15) is 11.6 Å². The number of anilines is 2. The molecule has 1 amide bonds. The molecule has 0 saturated heterocycles. The fourth-order valence-corrected chi connectivity index (χ4v) is 7.65. The highest BCUT2D eigenvalue weighted by Gasteiger charge is 2.45. The monoisotopic (exact) mass is 588 g/mol. The standard InChI is InChI=1S/C19H22FNO2.C17H20FNO/c1-3-4-6-19-7-5-14(23)9-16(19)15-10-17(20)18(21-12(2)22)8-13(15)11-19;1-2-3-5-17-6-4-12(20)8-14(17)13-9-15(18)16(19)7-11(13)10-17/h8-10H,3-7,11H2,1-2H3,(H,21,22);7-9H,2-6,10,19H2,1H3. The van der Waals surface area contributed by atoms with Gasteiger partial charge in [0, 0.05) is 30.6 Å². The summed E-state index contributed by atoms with van der Waals surface area (Å²) < 4.78 is 28.1. The maximum Gasteiger partial charge on any atom is 0.221 e. The van der Waals surface area contributed by atoms with E-state index in [4.69, 9.17) is 5.73 Å². The van der Waals surface area contributed by atoms with Crippen LogP contribution in [0.3, 0.4) is 0 Å². The molecule has 0 fully saturated rings. The quantitative estimate of drug-likeness (QED) is 0.320. The topological polar surface area (TPSA) is 89.3 Å². The van der Waals surface area contributed by atoms with Crippen LogP contribution in [0, 0.1) is 22.5 Å². The smallest absolute Gasteiger partial charge is 0.221 e. The first kappa shape index (κ1) is 30.8. The number of benzene rings is 2. The average Bonchev–Trinajstić information content (AvgIpc) is 3.43. The molecule has 0 bridgehead atoms. The third-order valence-electron chi connectivity index (χ3n) is 9.84. The lowest BCUT2D eigenvalue weighted by Gasteiger charge is -2.34. The lowest BCUT2D eigenvalue weighted by Crippen LogP contribution is -2.25. The number of nitrogen functional groups attached to an aromatic ring is 1. The van der Waals surface area contributed by atoms with Crippen molar-refractivity contribution in [1.82, 2.24) is 0 Å². The number of hydrogen-bond acceptors (Lipinski definition) is 4. The molecule has 7 heteroatoms. The van der Waals surface area contributed by atoms with E-state index >= 15 is 0 Å². The second-order valence-corrected chi connectivity index (χ2v) is 12.9. The van der Waals surface area contributed by atoms with E-state index < -0.39 is 5.82 Å². The van der Waals surface area contributed by atoms with Crippen molar-refractivity contribution < 1.29 is 23.2 Å². The normalized spacial score (nSPS) is 23.3. The summed E-state index contributed by atoms with van der Waals surface area (Å²) >= 11 is 0. The molecule has 0 radical (unpaired) electrons. The maximum atomic E-state index is 14.3. The zero-order valence-electron chi connectivity index (χ0n) is 25.5. The highest BCUT2D eigenvalue weighted by molar-refractivity contribution is 6.02. The minimum atomic E-state index is -0.441. The van der Waals surface area contributed by atoms with Gasteiger partial charge in [-0.05, 0) is 108 Å². The molecule has 6 rings (SSSR count). The predicted octanol–water partition coefficient (Wildman–Crippen LogP) is 8.15. The molecule has 0 aromatic heterocycles. The van der Waals surface area contributed by atoms with Crippen LogP contribution in [0.1, 0.15) is 107 Å². The summed E-state index contributed by atoms with van der Waals surface area (Å²) in [6.45, 7) is 5.70. The number of rotatable bonds is 7. The van der Waals surface area contributed by atoms with Crippen LogP contribution in [0.15, 0.2) is 36.4 Å². The number of hydrogen-bond donors (Lipinski definition) is 2. The summed E-state index contributed by atoms with van der Waals surface area (Å²) in [6, 6.07) is 6.49. The fourth-order valence-electron chi connectivity index (χ4n) is 7.65.